The Hall–Kier alpha value is -1.81. The molecule has 2 rings (SSSR count). The fourth-order valence-electron chi connectivity index (χ4n) is 1.88. The van der Waals surface area contributed by atoms with Gasteiger partial charge in [-0.2, -0.15) is 0 Å². The van der Waals surface area contributed by atoms with Gasteiger partial charge in [-0.1, -0.05) is 12.1 Å². The van der Waals surface area contributed by atoms with E-state index >= 15 is 0 Å². The highest BCUT2D eigenvalue weighted by molar-refractivity contribution is 5.31. The second-order valence-corrected chi connectivity index (χ2v) is 4.21. The number of benzene rings is 1. The smallest absolute Gasteiger partial charge is 0.130 e. The highest BCUT2D eigenvalue weighted by Crippen LogP contribution is 2.25. The molecule has 94 valence electrons. The number of hydrogen-bond acceptors (Lipinski definition) is 2. The molecule has 1 aromatic carbocycles. The molecule has 0 amide bonds. The molecule has 2 N–H and O–H groups in total. The summed E-state index contributed by atoms with van der Waals surface area (Å²) in [6, 6.07) is 7.23. The van der Waals surface area contributed by atoms with Crippen LogP contribution in [0.15, 0.2) is 36.5 Å². The van der Waals surface area contributed by atoms with Gasteiger partial charge < -0.3 is 5.73 Å². The molecule has 0 bridgehead atoms. The van der Waals surface area contributed by atoms with E-state index in [2.05, 4.69) is 4.98 Å². The first-order valence-electron chi connectivity index (χ1n) is 5.69. The normalized spacial score (nSPS) is 12.4. The van der Waals surface area contributed by atoms with E-state index in [1.165, 1.54) is 12.1 Å². The lowest BCUT2D eigenvalue weighted by atomic mass is 9.94. The maximum atomic E-state index is 13.7. The molecular formula is C14H14F2N2. The Bertz CT molecular complexity index is 538. The summed E-state index contributed by atoms with van der Waals surface area (Å²) in [4.78, 5) is 4.25. The fourth-order valence-corrected chi connectivity index (χ4v) is 1.88. The minimum atomic E-state index is -0.594. The van der Waals surface area contributed by atoms with Gasteiger partial charge in [0.2, 0.25) is 0 Å². The molecule has 1 atom stereocenters. The molecule has 0 radical (unpaired) electrons. The maximum absolute atomic E-state index is 13.7. The summed E-state index contributed by atoms with van der Waals surface area (Å²) < 4.78 is 26.6. The Kier molecular flexibility index (Phi) is 3.67. The van der Waals surface area contributed by atoms with E-state index in [1.54, 1.807) is 6.20 Å². The minimum Gasteiger partial charge on any atom is -0.329 e. The summed E-state index contributed by atoms with van der Waals surface area (Å²) in [5.74, 6) is -1.54. The summed E-state index contributed by atoms with van der Waals surface area (Å²) in [6.45, 7) is 2.14. The van der Waals surface area contributed by atoms with Crippen LogP contribution in [-0.2, 0) is 0 Å². The van der Waals surface area contributed by atoms with Gasteiger partial charge in [0.1, 0.15) is 11.6 Å². The Morgan fingerprint density at radius 2 is 2.00 bits per heavy atom. The largest absolute Gasteiger partial charge is 0.329 e. The zero-order chi connectivity index (χ0) is 13.1. The van der Waals surface area contributed by atoms with Crippen LogP contribution in [0.25, 0.3) is 0 Å². The number of hydrogen-bond donors (Lipinski definition) is 1. The molecule has 2 nitrogen and oxygen atoms in total. The monoisotopic (exact) mass is 248 g/mol. The quantitative estimate of drug-likeness (QED) is 0.907. The van der Waals surface area contributed by atoms with Gasteiger partial charge >= 0.3 is 0 Å². The van der Waals surface area contributed by atoms with Gasteiger partial charge in [0, 0.05) is 30.4 Å². The summed E-state index contributed by atoms with van der Waals surface area (Å²) in [5, 5.41) is 0. The topological polar surface area (TPSA) is 38.9 Å². The van der Waals surface area contributed by atoms with Gasteiger partial charge in [0.15, 0.2) is 0 Å². The van der Waals surface area contributed by atoms with E-state index in [0.29, 0.717) is 11.3 Å². The van der Waals surface area contributed by atoms with Crippen molar-refractivity contribution in [3.63, 3.8) is 0 Å². The zero-order valence-electron chi connectivity index (χ0n) is 10.0. The fraction of sp³-hybridized carbons (Fsp3) is 0.214. The standard InChI is InChI=1S/C14H14F2N2/c1-9-2-5-14(18-8-9)12(7-17)11-4-3-10(15)6-13(11)16/h2-6,8,12H,7,17H2,1H3/t12-/m1/s1. The van der Waals surface area contributed by atoms with E-state index in [9.17, 15) is 8.78 Å². The second kappa shape index (κ2) is 5.23. The van der Waals surface area contributed by atoms with Crippen LogP contribution in [-0.4, -0.2) is 11.5 Å². The van der Waals surface area contributed by atoms with Gasteiger partial charge in [-0.05, 0) is 30.2 Å². The number of pyridine rings is 1. The van der Waals surface area contributed by atoms with E-state index in [0.717, 1.165) is 11.6 Å². The number of halogens is 2. The molecule has 0 saturated heterocycles. The van der Waals surface area contributed by atoms with Crippen molar-refractivity contribution in [1.82, 2.24) is 4.98 Å². The van der Waals surface area contributed by atoms with Crippen LogP contribution in [0.2, 0.25) is 0 Å². The van der Waals surface area contributed by atoms with Gasteiger partial charge in [-0.25, -0.2) is 8.78 Å². The van der Waals surface area contributed by atoms with Crippen LogP contribution < -0.4 is 5.73 Å². The van der Waals surface area contributed by atoms with Crippen molar-refractivity contribution < 1.29 is 8.78 Å². The molecule has 1 aromatic heterocycles. The van der Waals surface area contributed by atoms with E-state index in [4.69, 9.17) is 5.73 Å². The van der Waals surface area contributed by atoms with Crippen LogP contribution in [0.4, 0.5) is 8.78 Å². The van der Waals surface area contributed by atoms with Gasteiger partial charge in [-0.15, -0.1) is 0 Å². The first-order chi connectivity index (χ1) is 8.61. The number of aromatic nitrogens is 1. The van der Waals surface area contributed by atoms with Crippen molar-refractivity contribution >= 4 is 0 Å². The van der Waals surface area contributed by atoms with Crippen molar-refractivity contribution in [2.75, 3.05) is 6.54 Å². The Labute approximate surface area is 104 Å². The molecule has 4 heteroatoms. The van der Waals surface area contributed by atoms with Gasteiger partial charge in [-0.3, -0.25) is 4.98 Å². The van der Waals surface area contributed by atoms with Crippen molar-refractivity contribution in [2.45, 2.75) is 12.8 Å². The molecule has 18 heavy (non-hydrogen) atoms. The molecular weight excluding hydrogens is 234 g/mol. The lowest BCUT2D eigenvalue weighted by Gasteiger charge is -2.15. The molecule has 0 saturated carbocycles. The summed E-state index contributed by atoms with van der Waals surface area (Å²) in [7, 11) is 0. The lowest BCUT2D eigenvalue weighted by Crippen LogP contribution is -2.16. The van der Waals surface area contributed by atoms with E-state index in [1.807, 2.05) is 19.1 Å². The number of aryl methyl sites for hydroxylation is 1. The molecule has 0 unspecified atom stereocenters. The Balaban J connectivity index is 2.41. The van der Waals surface area contributed by atoms with Crippen LogP contribution in [0.1, 0.15) is 22.7 Å². The molecule has 0 aliphatic rings. The Morgan fingerprint density at radius 1 is 1.22 bits per heavy atom. The van der Waals surface area contributed by atoms with Crippen LogP contribution in [0.5, 0.6) is 0 Å². The third-order valence-electron chi connectivity index (χ3n) is 2.86. The van der Waals surface area contributed by atoms with E-state index in [-0.39, 0.29) is 12.5 Å². The maximum Gasteiger partial charge on any atom is 0.130 e. The molecule has 0 spiro atoms. The van der Waals surface area contributed by atoms with Crippen LogP contribution in [0.3, 0.4) is 0 Å². The zero-order valence-corrected chi connectivity index (χ0v) is 10.0. The summed E-state index contributed by atoms with van der Waals surface area (Å²) >= 11 is 0. The SMILES string of the molecule is Cc1ccc([C@H](CN)c2ccc(F)cc2F)nc1. The van der Waals surface area contributed by atoms with Crippen LogP contribution in [0, 0.1) is 18.6 Å². The first kappa shape index (κ1) is 12.6. The van der Waals surface area contributed by atoms with Crippen LogP contribution >= 0.6 is 0 Å². The highest BCUT2D eigenvalue weighted by atomic mass is 19.1. The van der Waals surface area contributed by atoms with E-state index < -0.39 is 11.6 Å². The lowest BCUT2D eigenvalue weighted by molar-refractivity contribution is 0.563. The minimum absolute atomic E-state index is 0.221. The predicted octanol–water partition coefficient (Wildman–Crippen LogP) is 2.76. The molecule has 0 aliphatic heterocycles. The Morgan fingerprint density at radius 3 is 2.56 bits per heavy atom. The number of nitrogens with zero attached hydrogens (tertiary/aromatic N) is 1. The van der Waals surface area contributed by atoms with Crippen molar-refractivity contribution in [3.8, 4) is 0 Å². The summed E-state index contributed by atoms with van der Waals surface area (Å²) in [6.07, 6.45) is 1.71. The van der Waals surface area contributed by atoms with Crippen molar-refractivity contribution in [1.29, 1.82) is 0 Å². The second-order valence-electron chi connectivity index (χ2n) is 4.21. The molecule has 1 heterocycles. The number of nitrogens with two attached hydrogens (primary N) is 1. The summed E-state index contributed by atoms with van der Waals surface area (Å²) in [5.41, 5.74) is 7.76. The first-order valence-corrected chi connectivity index (χ1v) is 5.69. The average molecular weight is 248 g/mol. The van der Waals surface area contributed by atoms with Crippen molar-refractivity contribution in [3.05, 3.63) is 65.0 Å². The van der Waals surface area contributed by atoms with Gasteiger partial charge in [0.05, 0.1) is 0 Å². The van der Waals surface area contributed by atoms with Crippen molar-refractivity contribution in [2.24, 2.45) is 5.73 Å². The molecule has 0 aliphatic carbocycles. The molecule has 0 fully saturated rings. The number of rotatable bonds is 3. The average Bonchev–Trinajstić information content (AvgIpc) is 2.35. The third kappa shape index (κ3) is 2.54. The third-order valence-corrected chi connectivity index (χ3v) is 2.86. The van der Waals surface area contributed by atoms with Gasteiger partial charge in [0.25, 0.3) is 0 Å². The molecule has 2 aromatic rings. The highest BCUT2D eigenvalue weighted by Gasteiger charge is 2.18. The predicted molar refractivity (Wildman–Crippen MR) is 66.2 cm³/mol.